The zero-order chi connectivity index (χ0) is 20.6. The van der Waals surface area contributed by atoms with Gasteiger partial charge in [-0.25, -0.2) is 4.79 Å². The van der Waals surface area contributed by atoms with Crippen molar-refractivity contribution in [1.82, 2.24) is 14.5 Å². The zero-order valence-electron chi connectivity index (χ0n) is 17.4. The molecule has 5 nitrogen and oxygen atoms in total. The van der Waals surface area contributed by atoms with E-state index in [1.165, 1.54) is 5.56 Å². The number of carbonyl (C=O) groups is 1. The number of benzene rings is 2. The Bertz CT molecular complexity index is 1060. The van der Waals surface area contributed by atoms with Crippen LogP contribution in [0.3, 0.4) is 0 Å². The zero-order valence-corrected chi connectivity index (χ0v) is 17.4. The molecule has 5 heteroatoms. The van der Waals surface area contributed by atoms with Crippen molar-refractivity contribution in [2.24, 2.45) is 0 Å². The molecule has 0 spiro atoms. The Labute approximate surface area is 171 Å². The standard InChI is InChI=1S/C24H29N3O2/c1-24(2,3)18-10-8-17(9-11-18)16-22(28)26-14-12-19(13-15-26)27-21-7-5-4-6-20(21)25-23(27)29/h4-11,19H,12-16H2,1-3H3,(H,25,29). The van der Waals surface area contributed by atoms with Gasteiger partial charge in [0, 0.05) is 19.1 Å². The van der Waals surface area contributed by atoms with Gasteiger partial charge in [-0.2, -0.15) is 0 Å². The summed E-state index contributed by atoms with van der Waals surface area (Å²) in [6, 6.07) is 16.3. The summed E-state index contributed by atoms with van der Waals surface area (Å²) in [5.41, 5.74) is 4.20. The largest absolute Gasteiger partial charge is 0.342 e. The summed E-state index contributed by atoms with van der Waals surface area (Å²) < 4.78 is 1.86. The Hall–Kier alpha value is -2.82. The van der Waals surface area contributed by atoms with Crippen molar-refractivity contribution >= 4 is 16.9 Å². The van der Waals surface area contributed by atoms with E-state index in [1.54, 1.807) is 0 Å². The van der Waals surface area contributed by atoms with E-state index in [-0.39, 0.29) is 23.1 Å². The number of hydrogen-bond acceptors (Lipinski definition) is 2. The molecule has 1 fully saturated rings. The van der Waals surface area contributed by atoms with Gasteiger partial charge in [-0.05, 0) is 41.5 Å². The van der Waals surface area contributed by atoms with Crippen LogP contribution in [0.15, 0.2) is 53.3 Å². The first-order valence-electron chi connectivity index (χ1n) is 10.4. The highest BCUT2D eigenvalue weighted by molar-refractivity contribution is 5.79. The fourth-order valence-corrected chi connectivity index (χ4v) is 4.22. The molecule has 1 amide bonds. The van der Waals surface area contributed by atoms with Gasteiger partial charge in [0.15, 0.2) is 0 Å². The number of aromatic nitrogens is 2. The van der Waals surface area contributed by atoms with Crippen molar-refractivity contribution in [2.45, 2.75) is 51.5 Å². The number of piperidine rings is 1. The van der Waals surface area contributed by atoms with Crippen LogP contribution < -0.4 is 5.69 Å². The summed E-state index contributed by atoms with van der Waals surface area (Å²) in [6.45, 7) is 7.95. The van der Waals surface area contributed by atoms with Gasteiger partial charge in [0.2, 0.25) is 5.91 Å². The first kappa shape index (κ1) is 19.5. The van der Waals surface area contributed by atoms with Gasteiger partial charge in [-0.1, -0.05) is 57.2 Å². The molecule has 29 heavy (non-hydrogen) atoms. The van der Waals surface area contributed by atoms with E-state index in [1.807, 2.05) is 33.7 Å². The minimum atomic E-state index is -0.0603. The van der Waals surface area contributed by atoms with E-state index in [4.69, 9.17) is 0 Å². The molecule has 1 aliphatic rings. The second kappa shape index (κ2) is 7.54. The maximum atomic E-state index is 12.8. The molecule has 1 saturated heterocycles. The Morgan fingerprint density at radius 3 is 2.34 bits per heavy atom. The molecule has 2 heterocycles. The predicted molar refractivity (Wildman–Crippen MR) is 116 cm³/mol. The number of rotatable bonds is 3. The first-order chi connectivity index (χ1) is 13.8. The number of nitrogens with one attached hydrogen (secondary N) is 1. The Balaban J connectivity index is 1.40. The Kier molecular flexibility index (Phi) is 5.07. The van der Waals surface area contributed by atoms with Crippen LogP contribution in [0.4, 0.5) is 0 Å². The summed E-state index contributed by atoms with van der Waals surface area (Å²) in [5, 5.41) is 0. The van der Waals surface area contributed by atoms with Gasteiger partial charge in [0.1, 0.15) is 0 Å². The fourth-order valence-electron chi connectivity index (χ4n) is 4.22. The highest BCUT2D eigenvalue weighted by Gasteiger charge is 2.26. The number of fused-ring (bicyclic) bond motifs is 1. The SMILES string of the molecule is CC(C)(C)c1ccc(CC(=O)N2CCC(n3c(=O)[nH]c4ccccc43)CC2)cc1. The highest BCUT2D eigenvalue weighted by atomic mass is 16.2. The molecule has 1 aromatic heterocycles. The maximum absolute atomic E-state index is 12.8. The lowest BCUT2D eigenvalue weighted by Gasteiger charge is -2.32. The van der Waals surface area contributed by atoms with Gasteiger partial charge in [0.25, 0.3) is 0 Å². The van der Waals surface area contributed by atoms with Gasteiger partial charge < -0.3 is 9.88 Å². The van der Waals surface area contributed by atoms with Gasteiger partial charge >= 0.3 is 5.69 Å². The number of likely N-dealkylation sites (tertiary alicyclic amines) is 1. The van der Waals surface area contributed by atoms with E-state index in [2.05, 4.69) is 50.0 Å². The summed E-state index contributed by atoms with van der Waals surface area (Å²) in [5.74, 6) is 0.165. The number of amides is 1. The summed E-state index contributed by atoms with van der Waals surface area (Å²) in [7, 11) is 0. The molecule has 2 aromatic carbocycles. The van der Waals surface area contributed by atoms with Crippen LogP contribution in [0, 0.1) is 0 Å². The van der Waals surface area contributed by atoms with Crippen molar-refractivity contribution in [2.75, 3.05) is 13.1 Å². The highest BCUT2D eigenvalue weighted by Crippen LogP contribution is 2.26. The lowest BCUT2D eigenvalue weighted by Crippen LogP contribution is -2.41. The topological polar surface area (TPSA) is 58.1 Å². The number of nitrogens with zero attached hydrogens (tertiary/aromatic N) is 2. The smallest absolute Gasteiger partial charge is 0.326 e. The fraction of sp³-hybridized carbons (Fsp3) is 0.417. The van der Waals surface area contributed by atoms with Gasteiger partial charge in [-0.3, -0.25) is 9.36 Å². The van der Waals surface area contributed by atoms with Crippen molar-refractivity contribution in [3.8, 4) is 0 Å². The third-order valence-corrected chi connectivity index (χ3v) is 5.98. The third kappa shape index (κ3) is 4.00. The summed E-state index contributed by atoms with van der Waals surface area (Å²) in [4.78, 5) is 30.1. The Morgan fingerprint density at radius 2 is 1.69 bits per heavy atom. The van der Waals surface area contributed by atoms with E-state index < -0.39 is 0 Å². The van der Waals surface area contributed by atoms with Crippen molar-refractivity contribution in [3.05, 3.63) is 70.1 Å². The number of H-pyrrole nitrogens is 1. The van der Waals surface area contributed by atoms with Crippen LogP contribution >= 0.6 is 0 Å². The quantitative estimate of drug-likeness (QED) is 0.733. The minimum Gasteiger partial charge on any atom is -0.342 e. The predicted octanol–water partition coefficient (Wildman–Crippen LogP) is 4.03. The molecule has 0 radical (unpaired) electrons. The second-order valence-electron chi connectivity index (χ2n) is 9.05. The van der Waals surface area contributed by atoms with Crippen LogP contribution in [0.2, 0.25) is 0 Å². The molecule has 0 saturated carbocycles. The van der Waals surface area contributed by atoms with Crippen LogP contribution in [0.5, 0.6) is 0 Å². The van der Waals surface area contributed by atoms with E-state index in [0.29, 0.717) is 19.5 Å². The number of para-hydroxylation sites is 2. The molecule has 0 unspecified atom stereocenters. The molecule has 0 bridgehead atoms. The average Bonchev–Trinajstić information content (AvgIpc) is 3.03. The molecular formula is C24H29N3O2. The van der Waals surface area contributed by atoms with Crippen molar-refractivity contribution < 1.29 is 4.79 Å². The Morgan fingerprint density at radius 1 is 1.03 bits per heavy atom. The monoisotopic (exact) mass is 391 g/mol. The van der Waals surface area contributed by atoms with Crippen LogP contribution in [0.25, 0.3) is 11.0 Å². The maximum Gasteiger partial charge on any atom is 0.326 e. The van der Waals surface area contributed by atoms with Crippen LogP contribution in [-0.2, 0) is 16.6 Å². The van der Waals surface area contributed by atoms with Crippen LogP contribution in [0.1, 0.15) is 50.8 Å². The number of aromatic amines is 1. The minimum absolute atomic E-state index is 0.0603. The molecule has 1 aliphatic heterocycles. The molecule has 0 atom stereocenters. The second-order valence-corrected chi connectivity index (χ2v) is 9.05. The molecule has 152 valence electrons. The number of imidazole rings is 1. The van der Waals surface area contributed by atoms with Gasteiger partial charge in [-0.15, -0.1) is 0 Å². The van der Waals surface area contributed by atoms with Gasteiger partial charge in [0.05, 0.1) is 17.5 Å². The van der Waals surface area contributed by atoms with Crippen LogP contribution in [-0.4, -0.2) is 33.4 Å². The van der Waals surface area contributed by atoms with E-state index in [0.717, 1.165) is 29.4 Å². The molecule has 1 N–H and O–H groups in total. The normalized spacial score (nSPS) is 15.8. The third-order valence-electron chi connectivity index (χ3n) is 5.98. The number of carbonyl (C=O) groups excluding carboxylic acids is 1. The molecule has 0 aliphatic carbocycles. The lowest BCUT2D eigenvalue weighted by atomic mass is 9.86. The van der Waals surface area contributed by atoms with Crippen molar-refractivity contribution in [3.63, 3.8) is 0 Å². The van der Waals surface area contributed by atoms with E-state index in [9.17, 15) is 9.59 Å². The molecule has 3 aromatic rings. The number of hydrogen-bond donors (Lipinski definition) is 1. The molecular weight excluding hydrogens is 362 g/mol. The van der Waals surface area contributed by atoms with Crippen molar-refractivity contribution in [1.29, 1.82) is 0 Å². The first-order valence-corrected chi connectivity index (χ1v) is 10.4. The lowest BCUT2D eigenvalue weighted by molar-refractivity contribution is -0.131. The molecule has 4 rings (SSSR count). The summed E-state index contributed by atoms with van der Waals surface area (Å²) >= 11 is 0. The van der Waals surface area contributed by atoms with E-state index >= 15 is 0 Å². The average molecular weight is 392 g/mol. The summed E-state index contributed by atoms with van der Waals surface area (Å²) in [6.07, 6.45) is 2.04.